The Labute approximate surface area is 110 Å². The van der Waals surface area contributed by atoms with Crippen molar-refractivity contribution in [1.82, 2.24) is 4.98 Å². The molecule has 0 radical (unpaired) electrons. The Balaban J connectivity index is 1.90. The summed E-state index contributed by atoms with van der Waals surface area (Å²) in [7, 11) is 0. The van der Waals surface area contributed by atoms with Crippen LogP contribution in [-0.2, 0) is 6.42 Å². The minimum Gasteiger partial charge on any atom is -0.385 e. The molecule has 0 aliphatic carbocycles. The van der Waals surface area contributed by atoms with Crippen LogP contribution in [0, 0.1) is 6.92 Å². The summed E-state index contributed by atoms with van der Waals surface area (Å²) in [6, 6.07) is 10.4. The molecule has 0 aliphatic rings. The van der Waals surface area contributed by atoms with Gasteiger partial charge in [0.05, 0.1) is 0 Å². The molecule has 1 N–H and O–H groups in total. The summed E-state index contributed by atoms with van der Waals surface area (Å²) in [5.41, 5.74) is 3.66. The SMILES string of the molecule is Cc1cc(Br)cc(NCCc2cccnc2)c1. The van der Waals surface area contributed by atoms with E-state index in [0.717, 1.165) is 23.1 Å². The summed E-state index contributed by atoms with van der Waals surface area (Å²) in [6.45, 7) is 3.01. The Morgan fingerprint density at radius 3 is 2.88 bits per heavy atom. The molecule has 2 rings (SSSR count). The van der Waals surface area contributed by atoms with Crippen molar-refractivity contribution in [3.05, 3.63) is 58.3 Å². The van der Waals surface area contributed by atoms with Gasteiger partial charge >= 0.3 is 0 Å². The van der Waals surface area contributed by atoms with Crippen molar-refractivity contribution in [3.63, 3.8) is 0 Å². The maximum Gasteiger partial charge on any atom is 0.0354 e. The Kier molecular flexibility index (Phi) is 4.15. The number of halogens is 1. The number of anilines is 1. The number of nitrogens with zero attached hydrogens (tertiary/aromatic N) is 1. The molecule has 0 bridgehead atoms. The van der Waals surface area contributed by atoms with E-state index < -0.39 is 0 Å². The maximum atomic E-state index is 4.10. The molecule has 17 heavy (non-hydrogen) atoms. The molecule has 0 saturated heterocycles. The van der Waals surface area contributed by atoms with Crippen LogP contribution < -0.4 is 5.32 Å². The van der Waals surface area contributed by atoms with Gasteiger partial charge in [-0.3, -0.25) is 4.98 Å². The lowest BCUT2D eigenvalue weighted by atomic mass is 10.2. The van der Waals surface area contributed by atoms with E-state index in [9.17, 15) is 0 Å². The number of aryl methyl sites for hydroxylation is 1. The summed E-state index contributed by atoms with van der Waals surface area (Å²) in [5.74, 6) is 0. The number of pyridine rings is 1. The summed E-state index contributed by atoms with van der Waals surface area (Å²) >= 11 is 3.50. The van der Waals surface area contributed by atoms with E-state index >= 15 is 0 Å². The molecule has 88 valence electrons. The zero-order valence-corrected chi connectivity index (χ0v) is 11.4. The zero-order chi connectivity index (χ0) is 12.1. The highest BCUT2D eigenvalue weighted by Crippen LogP contribution is 2.18. The summed E-state index contributed by atoms with van der Waals surface area (Å²) in [5, 5.41) is 3.42. The van der Waals surface area contributed by atoms with Gasteiger partial charge < -0.3 is 5.32 Å². The molecular weight excluding hydrogens is 276 g/mol. The zero-order valence-electron chi connectivity index (χ0n) is 9.78. The second-order valence-corrected chi connectivity index (χ2v) is 4.97. The summed E-state index contributed by atoms with van der Waals surface area (Å²) < 4.78 is 1.11. The average Bonchev–Trinajstić information content (AvgIpc) is 2.29. The lowest BCUT2D eigenvalue weighted by Crippen LogP contribution is -2.05. The highest BCUT2D eigenvalue weighted by Gasteiger charge is 1.97. The molecule has 2 aromatic rings. The monoisotopic (exact) mass is 290 g/mol. The van der Waals surface area contributed by atoms with Gasteiger partial charge in [-0.15, -0.1) is 0 Å². The van der Waals surface area contributed by atoms with Crippen molar-refractivity contribution >= 4 is 21.6 Å². The van der Waals surface area contributed by atoms with E-state index in [-0.39, 0.29) is 0 Å². The number of benzene rings is 1. The molecule has 1 heterocycles. The van der Waals surface area contributed by atoms with Gasteiger partial charge in [0, 0.05) is 29.1 Å². The second kappa shape index (κ2) is 5.82. The van der Waals surface area contributed by atoms with Crippen LogP contribution in [0.5, 0.6) is 0 Å². The molecule has 0 aliphatic heterocycles. The van der Waals surface area contributed by atoms with Crippen LogP contribution in [0.1, 0.15) is 11.1 Å². The lowest BCUT2D eigenvalue weighted by molar-refractivity contribution is 1.00. The molecule has 0 spiro atoms. The molecule has 1 aromatic heterocycles. The van der Waals surface area contributed by atoms with Gasteiger partial charge in [-0.1, -0.05) is 22.0 Å². The van der Waals surface area contributed by atoms with Crippen LogP contribution in [-0.4, -0.2) is 11.5 Å². The Bertz CT molecular complexity index is 463. The molecule has 0 fully saturated rings. The molecule has 0 unspecified atom stereocenters. The Morgan fingerprint density at radius 2 is 2.18 bits per heavy atom. The maximum absolute atomic E-state index is 4.10. The highest BCUT2D eigenvalue weighted by atomic mass is 79.9. The van der Waals surface area contributed by atoms with E-state index in [0.29, 0.717) is 0 Å². The van der Waals surface area contributed by atoms with Crippen LogP contribution in [0.25, 0.3) is 0 Å². The minimum atomic E-state index is 0.918. The number of hydrogen-bond donors (Lipinski definition) is 1. The third-order valence-electron chi connectivity index (χ3n) is 2.51. The van der Waals surface area contributed by atoms with Gasteiger partial charge in [0.25, 0.3) is 0 Å². The van der Waals surface area contributed by atoms with Gasteiger partial charge in [0.2, 0.25) is 0 Å². The van der Waals surface area contributed by atoms with Crippen LogP contribution in [0.2, 0.25) is 0 Å². The number of hydrogen-bond acceptors (Lipinski definition) is 2. The Morgan fingerprint density at radius 1 is 1.29 bits per heavy atom. The highest BCUT2D eigenvalue weighted by molar-refractivity contribution is 9.10. The molecule has 0 atom stereocenters. The Hall–Kier alpha value is -1.35. The first kappa shape index (κ1) is 12.1. The van der Waals surface area contributed by atoms with Crippen LogP contribution in [0.15, 0.2) is 47.2 Å². The van der Waals surface area contributed by atoms with E-state index in [1.54, 1.807) is 6.20 Å². The van der Waals surface area contributed by atoms with Crippen molar-refractivity contribution < 1.29 is 0 Å². The van der Waals surface area contributed by atoms with Gasteiger partial charge in [0.1, 0.15) is 0 Å². The molecule has 0 amide bonds. The standard InChI is InChI=1S/C14H15BrN2/c1-11-7-13(15)9-14(8-11)17-6-4-12-3-2-5-16-10-12/h2-3,5,7-10,17H,4,6H2,1H3. The predicted molar refractivity (Wildman–Crippen MR) is 75.3 cm³/mol. The molecule has 1 aromatic carbocycles. The first-order valence-corrected chi connectivity index (χ1v) is 6.43. The first-order chi connectivity index (χ1) is 8.24. The van der Waals surface area contributed by atoms with Gasteiger partial charge in [-0.05, 0) is 48.7 Å². The van der Waals surface area contributed by atoms with Gasteiger partial charge in [-0.2, -0.15) is 0 Å². The topological polar surface area (TPSA) is 24.9 Å². The van der Waals surface area contributed by atoms with E-state index in [4.69, 9.17) is 0 Å². The minimum absolute atomic E-state index is 0.918. The average molecular weight is 291 g/mol. The summed E-state index contributed by atoms with van der Waals surface area (Å²) in [6.07, 6.45) is 4.70. The quantitative estimate of drug-likeness (QED) is 0.926. The van der Waals surface area contributed by atoms with Gasteiger partial charge in [0.15, 0.2) is 0 Å². The van der Waals surface area contributed by atoms with E-state index in [1.807, 2.05) is 12.3 Å². The van der Waals surface area contributed by atoms with Crippen molar-refractivity contribution in [2.75, 3.05) is 11.9 Å². The fraction of sp³-hybridized carbons (Fsp3) is 0.214. The summed E-state index contributed by atoms with van der Waals surface area (Å²) in [4.78, 5) is 4.10. The molecule has 0 saturated carbocycles. The second-order valence-electron chi connectivity index (χ2n) is 4.06. The number of nitrogens with one attached hydrogen (secondary N) is 1. The fourth-order valence-corrected chi connectivity index (χ4v) is 2.34. The number of rotatable bonds is 4. The molecular formula is C14H15BrN2. The van der Waals surface area contributed by atoms with Gasteiger partial charge in [-0.25, -0.2) is 0 Å². The smallest absolute Gasteiger partial charge is 0.0354 e. The predicted octanol–water partition coefficient (Wildman–Crippen LogP) is 3.81. The van der Waals surface area contributed by atoms with Crippen molar-refractivity contribution in [2.45, 2.75) is 13.3 Å². The number of aromatic nitrogens is 1. The van der Waals surface area contributed by atoms with Crippen molar-refractivity contribution in [3.8, 4) is 0 Å². The van der Waals surface area contributed by atoms with Crippen molar-refractivity contribution in [2.24, 2.45) is 0 Å². The third kappa shape index (κ3) is 3.86. The first-order valence-electron chi connectivity index (χ1n) is 5.64. The largest absolute Gasteiger partial charge is 0.385 e. The van der Waals surface area contributed by atoms with Crippen LogP contribution >= 0.6 is 15.9 Å². The van der Waals surface area contributed by atoms with E-state index in [1.165, 1.54) is 11.1 Å². The van der Waals surface area contributed by atoms with Crippen LogP contribution in [0.4, 0.5) is 5.69 Å². The fourth-order valence-electron chi connectivity index (χ4n) is 1.74. The van der Waals surface area contributed by atoms with E-state index in [2.05, 4.69) is 57.4 Å². The van der Waals surface area contributed by atoms with Crippen LogP contribution in [0.3, 0.4) is 0 Å². The molecule has 2 nitrogen and oxygen atoms in total. The lowest BCUT2D eigenvalue weighted by Gasteiger charge is -2.08. The normalized spacial score (nSPS) is 10.2. The van der Waals surface area contributed by atoms with Crippen molar-refractivity contribution in [1.29, 1.82) is 0 Å². The third-order valence-corrected chi connectivity index (χ3v) is 2.97. The molecule has 3 heteroatoms.